The smallest absolute Gasteiger partial charge is 0.246 e. The van der Waals surface area contributed by atoms with Gasteiger partial charge in [0.15, 0.2) is 14.6 Å². The number of aliphatic hydroxyl groups is 2. The van der Waals surface area contributed by atoms with Gasteiger partial charge in [-0.2, -0.15) is 5.10 Å². The third-order valence-corrected chi connectivity index (χ3v) is 8.03. The Labute approximate surface area is 227 Å². The molecule has 0 aliphatic carbocycles. The van der Waals surface area contributed by atoms with Crippen LogP contribution in [0.3, 0.4) is 0 Å². The molecule has 0 fully saturated rings. The fraction of sp³-hybridized carbons (Fsp3) is 0.190. The number of thioether (sulfide) groups is 1. The number of benzene rings is 2. The Morgan fingerprint density at radius 2 is 2.00 bits per heavy atom. The van der Waals surface area contributed by atoms with E-state index in [4.69, 9.17) is 35.4 Å². The van der Waals surface area contributed by atoms with Crippen LogP contribution in [0.15, 0.2) is 41.0 Å². The number of nitrogens with zero attached hydrogens (tertiary/aromatic N) is 4. The predicted octanol–water partition coefficient (Wildman–Crippen LogP) is 5.24. The molecule has 1 atom stereocenters. The van der Waals surface area contributed by atoms with E-state index < -0.39 is 17.4 Å². The molecule has 2 aromatic heterocycles. The molecule has 1 amide bonds. The van der Waals surface area contributed by atoms with Crippen LogP contribution in [0.2, 0.25) is 10.0 Å². The molecule has 2 aromatic carbocycles. The van der Waals surface area contributed by atoms with Gasteiger partial charge in [-0.05, 0) is 49.5 Å². The second-order valence-corrected chi connectivity index (χ2v) is 11.5. The van der Waals surface area contributed by atoms with Crippen LogP contribution in [0.4, 0.5) is 21.6 Å². The molecule has 0 aliphatic rings. The highest BCUT2D eigenvalue weighted by atomic mass is 35.5. The zero-order valence-electron chi connectivity index (χ0n) is 18.3. The van der Waals surface area contributed by atoms with Gasteiger partial charge in [-0.15, -0.1) is 0 Å². The molecule has 9 nitrogen and oxygen atoms in total. The van der Waals surface area contributed by atoms with E-state index in [0.717, 1.165) is 17.8 Å². The van der Waals surface area contributed by atoms with Crippen molar-refractivity contribution in [2.45, 2.75) is 29.3 Å². The van der Waals surface area contributed by atoms with Gasteiger partial charge in [-0.1, -0.05) is 46.3 Å². The Morgan fingerprint density at radius 3 is 2.75 bits per heavy atom. The average Bonchev–Trinajstić information content (AvgIpc) is 3.15. The van der Waals surface area contributed by atoms with Crippen LogP contribution in [0.5, 0.6) is 0 Å². The van der Waals surface area contributed by atoms with E-state index >= 15 is 0 Å². The van der Waals surface area contributed by atoms with Crippen molar-refractivity contribution in [3.8, 4) is 0 Å². The van der Waals surface area contributed by atoms with Crippen LogP contribution < -0.4 is 10.6 Å². The van der Waals surface area contributed by atoms with Crippen molar-refractivity contribution in [3.63, 3.8) is 0 Å². The lowest BCUT2D eigenvalue weighted by atomic mass is 10.2. The molecule has 188 valence electrons. The third-order valence-electron chi connectivity index (χ3n) is 4.77. The molecule has 4 aromatic rings. The van der Waals surface area contributed by atoms with Crippen LogP contribution >= 0.6 is 58.5 Å². The molecule has 0 saturated carbocycles. The second-order valence-electron chi connectivity index (χ2n) is 7.40. The molecule has 36 heavy (non-hydrogen) atoms. The summed E-state index contributed by atoms with van der Waals surface area (Å²) in [5, 5.41) is 28.7. The molecular weight excluding hydrogens is 570 g/mol. The number of aromatic nitrogens is 4. The van der Waals surface area contributed by atoms with Gasteiger partial charge in [0.25, 0.3) is 0 Å². The molecule has 0 bridgehead atoms. The summed E-state index contributed by atoms with van der Waals surface area (Å²) in [6.07, 6.45) is -0.178. The monoisotopic (exact) mass is 586 g/mol. The summed E-state index contributed by atoms with van der Waals surface area (Å²) < 4.78 is 16.6. The van der Waals surface area contributed by atoms with Crippen LogP contribution in [0.25, 0.3) is 10.9 Å². The van der Waals surface area contributed by atoms with Crippen molar-refractivity contribution in [1.29, 1.82) is 0 Å². The zero-order valence-corrected chi connectivity index (χ0v) is 22.2. The van der Waals surface area contributed by atoms with E-state index in [9.17, 15) is 19.4 Å². The molecule has 4 rings (SSSR count). The summed E-state index contributed by atoms with van der Waals surface area (Å²) in [4.78, 5) is 21.1. The Balaban J connectivity index is 1.52. The first-order valence-corrected chi connectivity index (χ1v) is 13.0. The van der Waals surface area contributed by atoms with Crippen LogP contribution in [0, 0.1) is 9.77 Å². The minimum absolute atomic E-state index is 0.0773. The van der Waals surface area contributed by atoms with E-state index in [0.29, 0.717) is 30.7 Å². The topological polar surface area (TPSA) is 125 Å². The van der Waals surface area contributed by atoms with Crippen LogP contribution in [0.1, 0.15) is 6.92 Å². The fourth-order valence-corrected chi connectivity index (χ4v) is 5.76. The average molecular weight is 588 g/mol. The van der Waals surface area contributed by atoms with E-state index in [1.165, 1.54) is 28.4 Å². The number of aliphatic hydroxyl groups excluding tert-OH is 1. The molecule has 1 unspecified atom stereocenters. The van der Waals surface area contributed by atoms with E-state index in [2.05, 4.69) is 25.7 Å². The van der Waals surface area contributed by atoms with Gasteiger partial charge in [-0.25, -0.2) is 19.0 Å². The molecule has 15 heteroatoms. The lowest BCUT2D eigenvalue weighted by Gasteiger charge is -2.12. The summed E-state index contributed by atoms with van der Waals surface area (Å²) in [7, 11) is 0. The number of carbonyl (C=O) groups excluding carboxylic acids is 1. The van der Waals surface area contributed by atoms with Crippen molar-refractivity contribution in [2.75, 3.05) is 10.6 Å². The van der Waals surface area contributed by atoms with Gasteiger partial charge in [-0.3, -0.25) is 4.79 Å². The SMILES string of the molecule is CC(Sc1nn(CC(=O)Nc2ccc3ncnc(Nc4cc(Cl)c(Cl)cc4F)c3c2)c(=S)s1)C(O)O. The van der Waals surface area contributed by atoms with E-state index in [1.54, 1.807) is 25.1 Å². The van der Waals surface area contributed by atoms with Gasteiger partial charge in [0.1, 0.15) is 24.5 Å². The summed E-state index contributed by atoms with van der Waals surface area (Å²) in [5.74, 6) is -0.692. The summed E-state index contributed by atoms with van der Waals surface area (Å²) in [5.41, 5.74) is 1.09. The number of hydrogen-bond acceptors (Lipinski definition) is 10. The van der Waals surface area contributed by atoms with Gasteiger partial charge in [0.05, 0.1) is 26.5 Å². The maximum Gasteiger partial charge on any atom is 0.246 e. The molecule has 0 radical (unpaired) electrons. The minimum atomic E-state index is -1.51. The lowest BCUT2D eigenvalue weighted by Crippen LogP contribution is -2.20. The fourth-order valence-electron chi connectivity index (χ4n) is 2.97. The first-order valence-electron chi connectivity index (χ1n) is 10.2. The largest absolute Gasteiger partial charge is 0.367 e. The van der Waals surface area contributed by atoms with Crippen LogP contribution in [-0.2, 0) is 11.3 Å². The molecule has 0 saturated heterocycles. The minimum Gasteiger partial charge on any atom is -0.367 e. The molecule has 2 heterocycles. The number of anilines is 3. The van der Waals surface area contributed by atoms with Crippen molar-refractivity contribution in [2.24, 2.45) is 0 Å². The van der Waals surface area contributed by atoms with Gasteiger partial charge >= 0.3 is 0 Å². The number of halogens is 3. The predicted molar refractivity (Wildman–Crippen MR) is 142 cm³/mol. The molecule has 4 N–H and O–H groups in total. The van der Waals surface area contributed by atoms with Crippen molar-refractivity contribution in [1.82, 2.24) is 19.7 Å². The Hall–Kier alpha value is -2.39. The first kappa shape index (κ1) is 26.7. The quantitative estimate of drug-likeness (QED) is 0.0949. The van der Waals surface area contributed by atoms with Gasteiger partial charge in [0.2, 0.25) is 5.91 Å². The first-order chi connectivity index (χ1) is 17.1. The van der Waals surface area contributed by atoms with Crippen molar-refractivity contribution in [3.05, 3.63) is 56.5 Å². The molecular formula is C21H17Cl2FN6O3S3. The Morgan fingerprint density at radius 1 is 1.25 bits per heavy atom. The highest BCUT2D eigenvalue weighted by molar-refractivity contribution is 8.01. The highest BCUT2D eigenvalue weighted by Crippen LogP contribution is 2.32. The lowest BCUT2D eigenvalue weighted by molar-refractivity contribution is -0.116. The molecule has 0 spiro atoms. The summed E-state index contributed by atoms with van der Waals surface area (Å²) >= 11 is 19.5. The second kappa shape index (κ2) is 11.3. The highest BCUT2D eigenvalue weighted by Gasteiger charge is 2.17. The van der Waals surface area contributed by atoms with Crippen molar-refractivity contribution >= 4 is 92.5 Å². The number of hydrogen-bond donors (Lipinski definition) is 4. The Bertz CT molecular complexity index is 1500. The van der Waals surface area contributed by atoms with Gasteiger partial charge < -0.3 is 20.8 Å². The number of fused-ring (bicyclic) bond motifs is 1. The van der Waals surface area contributed by atoms with Crippen molar-refractivity contribution < 1.29 is 19.4 Å². The van der Waals surface area contributed by atoms with Crippen LogP contribution in [-0.4, -0.2) is 47.4 Å². The Kier molecular flexibility index (Phi) is 8.40. The standard InChI is InChI=1S/C21H17Cl2FN6O3S3/c1-9(19(32)33)35-20-29-30(21(34)36-20)7-17(31)27-10-2-3-15-11(4-10)18(26-8-25-15)28-16-6-13(23)12(22)5-14(16)24/h2-6,8-9,19,32-33H,7H2,1H3,(H,27,31)(H,25,26,28). The third kappa shape index (κ3) is 6.29. The number of carbonyl (C=O) groups is 1. The normalized spacial score (nSPS) is 12.2. The molecule has 0 aliphatic heterocycles. The summed E-state index contributed by atoms with van der Waals surface area (Å²) in [6.45, 7) is 1.49. The number of nitrogens with one attached hydrogen (secondary N) is 2. The van der Waals surface area contributed by atoms with E-state index in [-0.39, 0.29) is 28.2 Å². The summed E-state index contributed by atoms with van der Waals surface area (Å²) in [6, 6.07) is 7.46. The van der Waals surface area contributed by atoms with Gasteiger partial charge in [0, 0.05) is 11.1 Å². The zero-order chi connectivity index (χ0) is 26.0. The maximum atomic E-state index is 14.4. The van der Waals surface area contributed by atoms with E-state index in [1.807, 2.05) is 0 Å². The number of rotatable bonds is 8. The number of amides is 1. The maximum absolute atomic E-state index is 14.4.